The molecule has 0 spiro atoms. The highest BCUT2D eigenvalue weighted by Gasteiger charge is 2.22. The van der Waals surface area contributed by atoms with Crippen molar-refractivity contribution in [2.24, 2.45) is 0 Å². The Labute approximate surface area is 189 Å². The fourth-order valence-corrected chi connectivity index (χ4v) is 3.76. The Morgan fingerprint density at radius 2 is 1.66 bits per heavy atom. The van der Waals surface area contributed by atoms with Gasteiger partial charge in [0.05, 0.1) is 6.61 Å². The zero-order valence-electron chi connectivity index (χ0n) is 18.4. The van der Waals surface area contributed by atoms with Crippen molar-refractivity contribution >= 4 is 5.91 Å². The summed E-state index contributed by atoms with van der Waals surface area (Å²) in [6, 6.07) is 21.7. The van der Waals surface area contributed by atoms with Crippen LogP contribution >= 0.6 is 0 Å². The predicted molar refractivity (Wildman–Crippen MR) is 124 cm³/mol. The van der Waals surface area contributed by atoms with Crippen LogP contribution in [-0.4, -0.2) is 53.5 Å². The van der Waals surface area contributed by atoms with Gasteiger partial charge in [-0.15, -0.1) is 0 Å². The summed E-state index contributed by atoms with van der Waals surface area (Å²) in [6.45, 7) is 7.07. The number of carbonyl (C=O) groups is 1. The minimum atomic E-state index is 0.0256. The van der Waals surface area contributed by atoms with Crippen LogP contribution in [0.15, 0.2) is 72.9 Å². The molecule has 0 aliphatic carbocycles. The van der Waals surface area contributed by atoms with E-state index in [1.807, 2.05) is 54.3 Å². The number of piperazine rings is 1. The summed E-state index contributed by atoms with van der Waals surface area (Å²) in [4.78, 5) is 21.5. The molecule has 0 atom stereocenters. The van der Waals surface area contributed by atoms with Gasteiger partial charge in [0.1, 0.15) is 12.4 Å². The average molecular weight is 432 g/mol. The van der Waals surface area contributed by atoms with Crippen molar-refractivity contribution in [1.82, 2.24) is 14.8 Å². The van der Waals surface area contributed by atoms with Crippen LogP contribution in [-0.2, 0) is 13.2 Å². The monoisotopic (exact) mass is 431 g/mol. The summed E-state index contributed by atoms with van der Waals surface area (Å²) in [5, 5.41) is 0. The number of pyridine rings is 1. The maximum absolute atomic E-state index is 13.0. The molecule has 2 aromatic carbocycles. The maximum atomic E-state index is 13.0. The van der Waals surface area contributed by atoms with Crippen molar-refractivity contribution in [3.05, 3.63) is 89.6 Å². The van der Waals surface area contributed by atoms with Gasteiger partial charge in [-0.2, -0.15) is 0 Å². The van der Waals surface area contributed by atoms with Gasteiger partial charge < -0.3 is 14.4 Å². The first-order chi connectivity index (χ1) is 15.7. The third-order valence-corrected chi connectivity index (χ3v) is 5.51. The number of aromatic nitrogens is 1. The summed E-state index contributed by atoms with van der Waals surface area (Å²) in [5.41, 5.74) is 2.93. The maximum Gasteiger partial charge on any atom is 0.254 e. The third-order valence-electron chi connectivity index (χ3n) is 5.51. The van der Waals surface area contributed by atoms with Crippen LogP contribution in [0.25, 0.3) is 0 Å². The lowest BCUT2D eigenvalue weighted by Gasteiger charge is -2.34. The largest absolute Gasteiger partial charge is 0.494 e. The number of benzene rings is 2. The summed E-state index contributed by atoms with van der Waals surface area (Å²) in [6.07, 6.45) is 1.63. The van der Waals surface area contributed by atoms with Gasteiger partial charge in [0.15, 0.2) is 0 Å². The van der Waals surface area contributed by atoms with Crippen LogP contribution in [0.5, 0.6) is 11.6 Å². The number of ether oxygens (including phenoxy) is 2. The second-order valence-electron chi connectivity index (χ2n) is 7.80. The molecule has 0 unspecified atom stereocenters. The van der Waals surface area contributed by atoms with Crippen molar-refractivity contribution in [3.8, 4) is 11.6 Å². The second kappa shape index (κ2) is 10.8. The Bertz CT molecular complexity index is 1000. The minimum absolute atomic E-state index is 0.0256. The van der Waals surface area contributed by atoms with Crippen molar-refractivity contribution < 1.29 is 14.3 Å². The van der Waals surface area contributed by atoms with Crippen molar-refractivity contribution in [2.75, 3.05) is 32.8 Å². The zero-order valence-corrected chi connectivity index (χ0v) is 18.4. The number of carbonyl (C=O) groups excluding carboxylic acids is 1. The highest BCUT2D eigenvalue weighted by atomic mass is 16.5. The van der Waals surface area contributed by atoms with Gasteiger partial charge in [-0.05, 0) is 36.2 Å². The number of nitrogens with zero attached hydrogens (tertiary/aromatic N) is 3. The van der Waals surface area contributed by atoms with Crippen molar-refractivity contribution in [1.29, 1.82) is 0 Å². The van der Waals surface area contributed by atoms with E-state index in [1.54, 1.807) is 18.3 Å². The van der Waals surface area contributed by atoms with Crippen molar-refractivity contribution in [2.45, 2.75) is 20.1 Å². The average Bonchev–Trinajstić information content (AvgIpc) is 2.85. The van der Waals surface area contributed by atoms with E-state index >= 15 is 0 Å². The van der Waals surface area contributed by atoms with Crippen LogP contribution < -0.4 is 9.47 Å². The standard InChI is InChI=1S/C26H29N3O3/c1-2-31-24-10-8-21(9-11-24)19-28-14-16-29(17-15-28)26(30)23-12-13-27-25(18-23)32-20-22-6-4-3-5-7-22/h3-13,18H,2,14-17,19-20H2,1H3. The molecule has 166 valence electrons. The Morgan fingerprint density at radius 1 is 0.906 bits per heavy atom. The first-order valence-corrected chi connectivity index (χ1v) is 11.1. The van der Waals surface area contributed by atoms with Gasteiger partial charge >= 0.3 is 0 Å². The predicted octanol–water partition coefficient (Wildman–Crippen LogP) is 4.02. The van der Waals surface area contributed by atoms with E-state index in [0.717, 1.165) is 30.9 Å². The molecular formula is C26H29N3O3. The lowest BCUT2D eigenvalue weighted by molar-refractivity contribution is 0.0627. The highest BCUT2D eigenvalue weighted by molar-refractivity contribution is 5.94. The fourth-order valence-electron chi connectivity index (χ4n) is 3.76. The summed E-state index contributed by atoms with van der Waals surface area (Å²) >= 11 is 0. The van der Waals surface area contributed by atoms with Gasteiger partial charge in [0.2, 0.25) is 5.88 Å². The summed E-state index contributed by atoms with van der Waals surface area (Å²) in [7, 11) is 0. The zero-order chi connectivity index (χ0) is 22.2. The van der Waals surface area contributed by atoms with Gasteiger partial charge in [0, 0.05) is 50.6 Å². The van der Waals surface area contributed by atoms with E-state index in [9.17, 15) is 4.79 Å². The summed E-state index contributed by atoms with van der Waals surface area (Å²) < 4.78 is 11.3. The van der Waals surface area contributed by atoms with Crippen LogP contribution in [0.4, 0.5) is 0 Å². The Morgan fingerprint density at radius 3 is 2.38 bits per heavy atom. The number of amides is 1. The normalized spacial score (nSPS) is 14.2. The molecule has 0 bridgehead atoms. The lowest BCUT2D eigenvalue weighted by Crippen LogP contribution is -2.48. The number of hydrogen-bond acceptors (Lipinski definition) is 5. The topological polar surface area (TPSA) is 54.9 Å². The van der Waals surface area contributed by atoms with E-state index in [-0.39, 0.29) is 5.91 Å². The molecule has 3 aromatic rings. The fraction of sp³-hybridized carbons (Fsp3) is 0.308. The molecule has 1 aliphatic heterocycles. The Kier molecular flexibility index (Phi) is 7.35. The first kappa shape index (κ1) is 21.8. The van der Waals surface area contributed by atoms with Crippen LogP contribution in [0.1, 0.15) is 28.4 Å². The Balaban J connectivity index is 1.28. The van der Waals surface area contributed by atoms with E-state index in [2.05, 4.69) is 22.0 Å². The molecule has 1 aliphatic rings. The molecule has 6 heteroatoms. The molecule has 6 nitrogen and oxygen atoms in total. The van der Waals surface area contributed by atoms with Crippen molar-refractivity contribution in [3.63, 3.8) is 0 Å². The molecular weight excluding hydrogens is 402 g/mol. The van der Waals surface area contributed by atoms with E-state index in [0.29, 0.717) is 37.7 Å². The van der Waals surface area contributed by atoms with Crippen LogP contribution in [0.2, 0.25) is 0 Å². The second-order valence-corrected chi connectivity index (χ2v) is 7.80. The number of hydrogen-bond donors (Lipinski definition) is 0. The Hall–Kier alpha value is -3.38. The SMILES string of the molecule is CCOc1ccc(CN2CCN(C(=O)c3ccnc(OCc4ccccc4)c3)CC2)cc1. The first-order valence-electron chi connectivity index (χ1n) is 11.1. The van der Waals surface area contributed by atoms with Gasteiger partial charge in [-0.3, -0.25) is 9.69 Å². The highest BCUT2D eigenvalue weighted by Crippen LogP contribution is 2.17. The van der Waals surface area contributed by atoms with E-state index in [4.69, 9.17) is 9.47 Å². The third kappa shape index (κ3) is 5.86. The molecule has 32 heavy (non-hydrogen) atoms. The molecule has 1 fully saturated rings. The number of rotatable bonds is 8. The molecule has 1 amide bonds. The molecule has 0 N–H and O–H groups in total. The van der Waals surface area contributed by atoms with Crippen LogP contribution in [0.3, 0.4) is 0 Å². The van der Waals surface area contributed by atoms with Gasteiger partial charge in [-0.25, -0.2) is 4.98 Å². The molecule has 4 rings (SSSR count). The van der Waals surface area contributed by atoms with E-state index in [1.165, 1.54) is 5.56 Å². The van der Waals surface area contributed by atoms with Gasteiger partial charge in [-0.1, -0.05) is 42.5 Å². The quantitative estimate of drug-likeness (QED) is 0.539. The molecule has 1 aromatic heterocycles. The molecule has 0 saturated carbocycles. The lowest BCUT2D eigenvalue weighted by atomic mass is 10.1. The summed E-state index contributed by atoms with van der Waals surface area (Å²) in [5.74, 6) is 1.39. The van der Waals surface area contributed by atoms with E-state index < -0.39 is 0 Å². The molecule has 2 heterocycles. The molecule has 0 radical (unpaired) electrons. The minimum Gasteiger partial charge on any atom is -0.494 e. The van der Waals surface area contributed by atoms with Gasteiger partial charge in [0.25, 0.3) is 5.91 Å². The van der Waals surface area contributed by atoms with Crippen LogP contribution in [0, 0.1) is 0 Å². The molecule has 1 saturated heterocycles. The smallest absolute Gasteiger partial charge is 0.254 e.